The minimum atomic E-state index is -4.07. The Labute approximate surface area is 406 Å². The first kappa shape index (κ1) is 50.8. The number of nitrogens with zero attached hydrogens (tertiary/aromatic N) is 1. The predicted molar refractivity (Wildman–Crippen MR) is 277 cm³/mol. The van der Waals surface area contributed by atoms with Crippen LogP contribution in [0.25, 0.3) is 10.8 Å². The van der Waals surface area contributed by atoms with Crippen molar-refractivity contribution in [2.24, 2.45) is 11.8 Å². The van der Waals surface area contributed by atoms with E-state index in [9.17, 15) is 13.2 Å². The number of rotatable bonds is 23. The normalized spacial score (nSPS) is 16.5. The molecule has 1 fully saturated rings. The van der Waals surface area contributed by atoms with Crippen LogP contribution in [-0.2, 0) is 55.9 Å². The summed E-state index contributed by atoms with van der Waals surface area (Å²) in [6, 6.07) is 37.8. The minimum Gasteiger partial charge on any atom is -0.457 e. The molecule has 0 bridgehead atoms. The lowest BCUT2D eigenvalue weighted by atomic mass is 9.75. The average molecular weight is 989 g/mol. The fraction of sp³-hybridized carbons (Fsp3) is 0.315. The first-order chi connectivity index (χ1) is 33.3. The van der Waals surface area contributed by atoms with Gasteiger partial charge in [0.2, 0.25) is 5.91 Å². The molecule has 5 aromatic carbocycles. The third kappa shape index (κ3) is 10.0. The van der Waals surface area contributed by atoms with E-state index >= 15 is 14.4 Å². The van der Waals surface area contributed by atoms with Crippen molar-refractivity contribution in [2.75, 3.05) is 31.1 Å². The lowest BCUT2D eigenvalue weighted by Crippen LogP contribution is -2.68. The van der Waals surface area contributed by atoms with Gasteiger partial charge in [-0.1, -0.05) is 162 Å². The summed E-state index contributed by atoms with van der Waals surface area (Å²) >= 11 is 0. The zero-order valence-corrected chi connectivity index (χ0v) is 42.4. The molecule has 2 aliphatic rings. The smallest absolute Gasteiger partial charge is 0.457 e. The van der Waals surface area contributed by atoms with Crippen LogP contribution in [0.5, 0.6) is 0 Å². The highest BCUT2D eigenvalue weighted by molar-refractivity contribution is 7.96. The van der Waals surface area contributed by atoms with Crippen molar-refractivity contribution in [3.63, 3.8) is 0 Å². The van der Waals surface area contributed by atoms with Crippen LogP contribution >= 0.6 is 6.89 Å². The number of benzene rings is 5. The Balaban J connectivity index is 1.40. The van der Waals surface area contributed by atoms with Gasteiger partial charge in [0.25, 0.3) is 10.0 Å². The number of nitrogens with one attached hydrogen (secondary N) is 1. The molecular formula is C54H61N2O10PSSi. The molecule has 69 heavy (non-hydrogen) atoms. The van der Waals surface area contributed by atoms with Crippen LogP contribution in [0.1, 0.15) is 45.2 Å². The van der Waals surface area contributed by atoms with Crippen LogP contribution in [0.15, 0.2) is 145 Å². The molecule has 15 heteroatoms. The maximum atomic E-state index is 15.3. The molecule has 362 valence electrons. The zero-order chi connectivity index (χ0) is 49.3. The van der Waals surface area contributed by atoms with E-state index in [-0.39, 0.29) is 48.8 Å². The van der Waals surface area contributed by atoms with Crippen LogP contribution in [0, 0.1) is 11.8 Å². The summed E-state index contributed by atoms with van der Waals surface area (Å²) in [6.07, 6.45) is 2.11. The molecule has 0 spiro atoms. The number of ketones is 1. The number of anilines is 1. The highest BCUT2D eigenvalue weighted by Crippen LogP contribution is 2.51. The fourth-order valence-corrected chi connectivity index (χ4v) is 18.5. The highest BCUT2D eigenvalue weighted by atomic mass is 32.2. The Morgan fingerprint density at radius 3 is 1.88 bits per heavy atom. The fourth-order valence-electron chi connectivity index (χ4n) is 9.96. The summed E-state index contributed by atoms with van der Waals surface area (Å²) in [5.74, 6) is -3.49. The summed E-state index contributed by atoms with van der Waals surface area (Å²) in [6.45, 7) is 12.2. The molecule has 0 radical (unpaired) electrons. The van der Waals surface area contributed by atoms with Crippen molar-refractivity contribution in [3.05, 3.63) is 152 Å². The van der Waals surface area contributed by atoms with Crippen molar-refractivity contribution in [3.8, 4) is 0 Å². The Kier molecular flexibility index (Phi) is 16.3. The molecule has 0 aliphatic carbocycles. The van der Waals surface area contributed by atoms with E-state index < -0.39 is 61.1 Å². The third-order valence-corrected chi connectivity index (χ3v) is 24.0. The molecule has 1 saturated heterocycles. The van der Waals surface area contributed by atoms with Crippen LogP contribution in [0.2, 0.25) is 18.1 Å². The Morgan fingerprint density at radius 1 is 0.768 bits per heavy atom. The third-order valence-electron chi connectivity index (χ3n) is 13.6. The van der Waals surface area contributed by atoms with Gasteiger partial charge in [0, 0.05) is 31.2 Å². The van der Waals surface area contributed by atoms with Crippen LogP contribution in [0.4, 0.5) is 10.5 Å². The standard InChI is InChI=1S/C54H61N2O10PSSi/c1-7-32-63-53(59)52(67(41-22-15-12-16-23-41,42-24-17-13-18-25-42)43-26-19-14-20-27-43)56-49(45(51(56)58)31-34-65-54(60)64-33-8-2)38(6)47(57)37-40-36-39(30-35-66-69(9-3,10-4)11-5)44-28-21-29-46-48(44)50(40)68(61,62)55-46/h7-8,12-29,36,38,45,49,55H,1-2,9-11,30-35,37H2,3-6H3/t38-,45-,49+/m0/s1. The first-order valence-electron chi connectivity index (χ1n) is 23.5. The highest BCUT2D eigenvalue weighted by Gasteiger charge is 2.56. The molecule has 3 atom stereocenters. The van der Waals surface area contributed by atoms with Gasteiger partial charge in [0.15, 0.2) is 8.32 Å². The van der Waals surface area contributed by atoms with E-state index in [2.05, 4.69) is 38.7 Å². The Hall–Kier alpha value is -6.05. The van der Waals surface area contributed by atoms with Gasteiger partial charge in [0.1, 0.15) is 29.3 Å². The van der Waals surface area contributed by atoms with Crippen molar-refractivity contribution in [1.82, 2.24) is 4.90 Å². The van der Waals surface area contributed by atoms with E-state index in [1.165, 1.54) is 17.1 Å². The van der Waals surface area contributed by atoms with Crippen molar-refractivity contribution < 1.29 is 46.2 Å². The molecule has 5 aromatic rings. The van der Waals surface area contributed by atoms with E-state index in [4.69, 9.17) is 18.6 Å². The second-order valence-electron chi connectivity index (χ2n) is 17.3. The summed E-state index contributed by atoms with van der Waals surface area (Å²) in [4.78, 5) is 59.6. The number of sulfonamides is 1. The maximum Gasteiger partial charge on any atom is 0.508 e. The van der Waals surface area contributed by atoms with Gasteiger partial charge in [-0.15, -0.1) is 0 Å². The van der Waals surface area contributed by atoms with Crippen molar-refractivity contribution in [1.29, 1.82) is 0 Å². The minimum absolute atomic E-state index is 0.00559. The summed E-state index contributed by atoms with van der Waals surface area (Å²) in [5.41, 5.74) is 1.69. The van der Waals surface area contributed by atoms with E-state index in [1.54, 1.807) is 13.0 Å². The molecule has 0 saturated carbocycles. The van der Waals surface area contributed by atoms with E-state index in [0.29, 0.717) is 29.7 Å². The quantitative estimate of drug-likeness (QED) is 0.0221. The SMILES string of the molecule is C=CCOC(=O)OCC[C@@H]1C(=O)N(C(C(=O)OCC=C)=P(c2ccccc2)(c2ccccc2)c2ccccc2)[C@@H]1[C@@H](C)C(=O)Cc1cc(CCO[Si](CC)(CC)CC)c2cccc3c2c1S(=O)(=O)N3. The monoisotopic (exact) mass is 988 g/mol. The van der Waals surface area contributed by atoms with Crippen LogP contribution in [0.3, 0.4) is 0 Å². The molecule has 0 aromatic heterocycles. The molecule has 12 nitrogen and oxygen atoms in total. The molecule has 1 amide bonds. The number of hydrogen-bond donors (Lipinski definition) is 1. The first-order valence-corrected chi connectivity index (χ1v) is 29.3. The number of carbonyl (C=O) groups is 4. The Bertz CT molecular complexity index is 2780. The number of ether oxygens (including phenoxy) is 3. The largest absolute Gasteiger partial charge is 0.508 e. The summed E-state index contributed by atoms with van der Waals surface area (Å²) < 4.78 is 53.8. The van der Waals surface area contributed by atoms with E-state index in [0.717, 1.165) is 45.0 Å². The summed E-state index contributed by atoms with van der Waals surface area (Å²) in [5, 5.41) is 3.57. The lowest BCUT2D eigenvalue weighted by Gasteiger charge is -2.52. The average Bonchev–Trinajstić information content (AvgIpc) is 3.66. The van der Waals surface area contributed by atoms with Crippen molar-refractivity contribution in [2.45, 2.75) is 76.0 Å². The van der Waals surface area contributed by atoms with Gasteiger partial charge in [-0.05, 0) is 69.5 Å². The van der Waals surface area contributed by atoms with Crippen molar-refractivity contribution >= 4 is 86.8 Å². The maximum absolute atomic E-state index is 15.3. The van der Waals surface area contributed by atoms with Gasteiger partial charge >= 0.3 is 12.1 Å². The van der Waals surface area contributed by atoms with E-state index in [1.807, 2.05) is 109 Å². The number of esters is 1. The van der Waals surface area contributed by atoms with Crippen LogP contribution < -0.4 is 20.6 Å². The Morgan fingerprint density at radius 2 is 1.33 bits per heavy atom. The topological polar surface area (TPSA) is 155 Å². The molecule has 2 heterocycles. The number of amides is 1. The molecule has 7 rings (SSSR count). The predicted octanol–water partition coefficient (Wildman–Crippen LogP) is 8.68. The van der Waals surface area contributed by atoms with Gasteiger partial charge in [0.05, 0.1) is 24.3 Å². The number of hydrogen-bond acceptors (Lipinski definition) is 10. The lowest BCUT2D eigenvalue weighted by molar-refractivity contribution is -0.156. The van der Waals surface area contributed by atoms with Gasteiger partial charge in [-0.3, -0.25) is 14.3 Å². The van der Waals surface area contributed by atoms with Gasteiger partial charge in [-0.2, -0.15) is 0 Å². The van der Waals surface area contributed by atoms with Gasteiger partial charge < -0.3 is 23.5 Å². The number of carbonyl (C=O) groups excluding carboxylic acids is 4. The summed E-state index contributed by atoms with van der Waals surface area (Å²) in [7, 11) is -6.02. The molecule has 0 unspecified atom stereocenters. The second kappa shape index (κ2) is 22.1. The second-order valence-corrected chi connectivity index (χ2v) is 27.0. The zero-order valence-electron chi connectivity index (χ0n) is 39.7. The number of Topliss-reactive ketones (excluding diaryl/α,β-unsaturated/α-hetero) is 1. The molecule has 2 aliphatic heterocycles. The number of likely N-dealkylation sites (tertiary alicyclic amines) is 1. The van der Waals surface area contributed by atoms with Crippen LogP contribution in [-0.4, -0.2) is 83.3 Å². The molecular weight excluding hydrogens is 928 g/mol. The molecule has 1 N–H and O–H groups in total. The van der Waals surface area contributed by atoms with Gasteiger partial charge in [-0.25, -0.2) is 18.0 Å². The number of β-lactam (4-membered cyclic amide) rings is 1.